The van der Waals surface area contributed by atoms with E-state index < -0.39 is 23.0 Å². The van der Waals surface area contributed by atoms with Crippen molar-refractivity contribution in [3.05, 3.63) is 72.9 Å². The number of pyridine rings is 1. The van der Waals surface area contributed by atoms with E-state index in [2.05, 4.69) is 15.4 Å². The van der Waals surface area contributed by atoms with Crippen LogP contribution >= 0.6 is 23.2 Å². The second-order valence-corrected chi connectivity index (χ2v) is 6.82. The van der Waals surface area contributed by atoms with Gasteiger partial charge in [-0.2, -0.15) is 4.68 Å². The van der Waals surface area contributed by atoms with Gasteiger partial charge in [-0.15, -0.1) is 5.10 Å². The van der Waals surface area contributed by atoms with E-state index in [0.717, 1.165) is 15.3 Å². The molecular formula is C18H14Cl2FN5O4. The van der Waals surface area contributed by atoms with Crippen LogP contribution in [0.2, 0.25) is 10.2 Å². The lowest BCUT2D eigenvalue weighted by Crippen LogP contribution is -2.41. The lowest BCUT2D eigenvalue weighted by Gasteiger charge is -2.13. The Balaban J connectivity index is 2.16. The van der Waals surface area contributed by atoms with Crippen LogP contribution in [0.25, 0.3) is 5.69 Å². The minimum atomic E-state index is -0.827. The molecule has 3 rings (SSSR count). The minimum Gasteiger partial charge on any atom is -0.476 e. The van der Waals surface area contributed by atoms with Gasteiger partial charge in [-0.05, 0) is 29.8 Å². The molecule has 0 saturated heterocycles. The number of benzene rings is 1. The molecule has 0 aliphatic carbocycles. The number of nitrogens with zero attached hydrogens (tertiary/aromatic N) is 4. The highest BCUT2D eigenvalue weighted by atomic mass is 35.5. The molecule has 0 atom stereocenters. The molecule has 0 spiro atoms. The van der Waals surface area contributed by atoms with E-state index in [-0.39, 0.29) is 34.0 Å². The number of rotatable bonds is 5. The van der Waals surface area contributed by atoms with Crippen molar-refractivity contribution < 1.29 is 13.9 Å². The van der Waals surface area contributed by atoms with E-state index in [0.29, 0.717) is 5.56 Å². The molecule has 156 valence electrons. The summed E-state index contributed by atoms with van der Waals surface area (Å²) >= 11 is 11.7. The maximum atomic E-state index is 14.0. The predicted molar refractivity (Wildman–Crippen MR) is 108 cm³/mol. The summed E-state index contributed by atoms with van der Waals surface area (Å²) in [5.74, 6) is -1.57. The lowest BCUT2D eigenvalue weighted by atomic mass is 10.2. The molecule has 0 aliphatic heterocycles. The quantitative estimate of drug-likeness (QED) is 0.593. The fourth-order valence-electron chi connectivity index (χ4n) is 2.59. The third-order valence-electron chi connectivity index (χ3n) is 3.92. The summed E-state index contributed by atoms with van der Waals surface area (Å²) in [5.41, 5.74) is -1.23. The Morgan fingerprint density at radius 1 is 1.27 bits per heavy atom. The Hall–Kier alpha value is -3.24. The first kappa shape index (κ1) is 21.5. The monoisotopic (exact) mass is 453 g/mol. The van der Waals surface area contributed by atoms with Crippen LogP contribution in [0.1, 0.15) is 12.5 Å². The van der Waals surface area contributed by atoms with E-state index in [4.69, 9.17) is 27.9 Å². The largest absolute Gasteiger partial charge is 0.476 e. The van der Waals surface area contributed by atoms with Crippen molar-refractivity contribution in [2.45, 2.75) is 13.5 Å². The predicted octanol–water partition coefficient (Wildman–Crippen LogP) is 2.25. The molecule has 0 radical (unpaired) electrons. The van der Waals surface area contributed by atoms with Gasteiger partial charge in [0.2, 0.25) is 5.91 Å². The number of carbonyl (C=O) groups is 1. The van der Waals surface area contributed by atoms with Gasteiger partial charge in [-0.3, -0.25) is 9.59 Å². The zero-order valence-electron chi connectivity index (χ0n) is 15.6. The first-order chi connectivity index (χ1) is 14.2. The van der Waals surface area contributed by atoms with Crippen LogP contribution < -0.4 is 21.3 Å². The van der Waals surface area contributed by atoms with Crippen LogP contribution in [0.4, 0.5) is 10.1 Å². The number of methoxy groups -OCH3 is 1. The van der Waals surface area contributed by atoms with Gasteiger partial charge in [0.05, 0.1) is 30.1 Å². The lowest BCUT2D eigenvalue weighted by molar-refractivity contribution is -0.114. The normalized spacial score (nSPS) is 10.7. The van der Waals surface area contributed by atoms with Crippen LogP contribution in [0, 0.1) is 5.82 Å². The molecule has 12 heteroatoms. The summed E-state index contributed by atoms with van der Waals surface area (Å²) in [4.78, 5) is 40.7. The molecule has 0 aliphatic rings. The molecule has 1 amide bonds. The third-order valence-corrected chi connectivity index (χ3v) is 4.61. The zero-order valence-corrected chi connectivity index (χ0v) is 17.2. The number of nitrogens with one attached hydrogen (secondary N) is 1. The molecule has 2 aromatic heterocycles. The number of ether oxygens (including phenoxy) is 1. The second-order valence-electron chi connectivity index (χ2n) is 6.06. The van der Waals surface area contributed by atoms with Crippen molar-refractivity contribution in [3.63, 3.8) is 0 Å². The highest BCUT2D eigenvalue weighted by molar-refractivity contribution is 6.41. The van der Waals surface area contributed by atoms with Crippen molar-refractivity contribution in [3.8, 4) is 11.6 Å². The number of carbonyl (C=O) groups excluding carboxylic acids is 1. The van der Waals surface area contributed by atoms with Gasteiger partial charge < -0.3 is 10.1 Å². The highest BCUT2D eigenvalue weighted by Gasteiger charge is 2.17. The van der Waals surface area contributed by atoms with Crippen LogP contribution in [0.5, 0.6) is 5.88 Å². The number of anilines is 1. The summed E-state index contributed by atoms with van der Waals surface area (Å²) in [6, 6.07) is 5.00. The number of aromatic nitrogens is 4. The molecule has 1 aromatic carbocycles. The second kappa shape index (κ2) is 8.64. The maximum absolute atomic E-state index is 14.0. The summed E-state index contributed by atoms with van der Waals surface area (Å²) in [5, 5.41) is 6.44. The van der Waals surface area contributed by atoms with Gasteiger partial charge in [-0.25, -0.2) is 18.7 Å². The van der Waals surface area contributed by atoms with E-state index in [1.165, 1.54) is 38.4 Å². The summed E-state index contributed by atoms with van der Waals surface area (Å²) in [7, 11) is 1.22. The topological polar surface area (TPSA) is 108 Å². The fourth-order valence-corrected chi connectivity index (χ4v) is 2.88. The summed E-state index contributed by atoms with van der Waals surface area (Å²) < 4.78 is 20.7. The first-order valence-corrected chi connectivity index (χ1v) is 9.12. The van der Waals surface area contributed by atoms with Crippen molar-refractivity contribution in [2.75, 3.05) is 12.4 Å². The number of hydrogen-bond acceptors (Lipinski definition) is 6. The summed E-state index contributed by atoms with van der Waals surface area (Å²) in [6.45, 7) is 1.02. The van der Waals surface area contributed by atoms with Gasteiger partial charge >= 0.3 is 11.2 Å². The summed E-state index contributed by atoms with van der Waals surface area (Å²) in [6.07, 6.45) is 1.37. The Morgan fingerprint density at radius 2 is 2.00 bits per heavy atom. The first-order valence-electron chi connectivity index (χ1n) is 8.37. The zero-order chi connectivity index (χ0) is 22.0. The Kier molecular flexibility index (Phi) is 6.18. The Bertz CT molecular complexity index is 1260. The van der Waals surface area contributed by atoms with Gasteiger partial charge in [0.1, 0.15) is 11.0 Å². The molecule has 3 aromatic rings. The number of amides is 1. The fraction of sp³-hybridized carbons (Fsp3) is 0.167. The molecule has 0 saturated carbocycles. The molecule has 0 fully saturated rings. The Labute approximate surface area is 178 Å². The average Bonchev–Trinajstić information content (AvgIpc) is 2.69. The van der Waals surface area contributed by atoms with E-state index in [1.54, 1.807) is 0 Å². The van der Waals surface area contributed by atoms with Gasteiger partial charge in [0.25, 0.3) is 5.88 Å². The van der Waals surface area contributed by atoms with Crippen LogP contribution in [-0.4, -0.2) is 32.3 Å². The van der Waals surface area contributed by atoms with Crippen molar-refractivity contribution in [1.82, 2.24) is 19.3 Å². The molecule has 0 bridgehead atoms. The SMILES string of the molecule is COc1nn(-c2ccc(F)c(NC(C)=O)c2)c(=O)n(Cc2cnc(Cl)c(Cl)c2)c1=O. The van der Waals surface area contributed by atoms with Crippen LogP contribution in [0.15, 0.2) is 40.1 Å². The van der Waals surface area contributed by atoms with Crippen LogP contribution in [0.3, 0.4) is 0 Å². The Morgan fingerprint density at radius 3 is 2.63 bits per heavy atom. The van der Waals surface area contributed by atoms with Crippen molar-refractivity contribution in [1.29, 1.82) is 0 Å². The standard InChI is InChI=1S/C18H14Cl2FN5O4/c1-9(27)23-14-6-11(3-4-13(14)21)26-18(29)25(17(28)16(24-26)30-2)8-10-5-12(19)15(20)22-7-10/h3-7H,8H2,1-2H3,(H,23,27). The van der Waals surface area contributed by atoms with Crippen molar-refractivity contribution in [2.24, 2.45) is 0 Å². The van der Waals surface area contributed by atoms with Gasteiger partial charge in [0.15, 0.2) is 0 Å². The minimum absolute atomic E-state index is 0.0781. The molecule has 9 nitrogen and oxygen atoms in total. The van der Waals surface area contributed by atoms with E-state index >= 15 is 0 Å². The number of halogens is 3. The molecular weight excluding hydrogens is 440 g/mol. The van der Waals surface area contributed by atoms with Crippen molar-refractivity contribution >= 4 is 34.8 Å². The molecule has 0 unspecified atom stereocenters. The molecule has 2 heterocycles. The number of hydrogen-bond donors (Lipinski definition) is 1. The average molecular weight is 454 g/mol. The van der Waals surface area contributed by atoms with Gasteiger partial charge in [-0.1, -0.05) is 23.2 Å². The molecule has 30 heavy (non-hydrogen) atoms. The van der Waals surface area contributed by atoms with E-state index in [9.17, 15) is 18.8 Å². The maximum Gasteiger partial charge on any atom is 0.352 e. The molecule has 1 N–H and O–H groups in total. The van der Waals surface area contributed by atoms with Crippen LogP contribution in [-0.2, 0) is 11.3 Å². The van der Waals surface area contributed by atoms with E-state index in [1.807, 2.05) is 0 Å². The smallest absolute Gasteiger partial charge is 0.352 e. The van der Waals surface area contributed by atoms with Gasteiger partial charge in [0, 0.05) is 13.1 Å². The third kappa shape index (κ3) is 4.34. The highest BCUT2D eigenvalue weighted by Crippen LogP contribution is 2.20.